The number of carbonyl (C=O) groups excluding carboxylic acids is 1. The summed E-state index contributed by atoms with van der Waals surface area (Å²) in [5.74, 6) is -1.75. The molecule has 1 saturated heterocycles. The summed E-state index contributed by atoms with van der Waals surface area (Å²) >= 11 is 0. The zero-order valence-corrected chi connectivity index (χ0v) is 11.9. The Hall–Kier alpha value is -1.95. The van der Waals surface area contributed by atoms with Gasteiger partial charge in [-0.1, -0.05) is 12.1 Å². The largest absolute Gasteiger partial charge is 0.479 e. The standard InChI is InChI=1S/C15H18FNO4/c1-8-3-4-10(7-11(8)16)9(2)17-14(18)12-5-6-13(21-12)15(19)20/h3-4,7,9,12-13H,5-6H2,1-2H3,(H,17,18)(H,19,20)/t9?,12-,13+/m0/s1. The molecular formula is C15H18FNO4. The number of hydrogen-bond donors (Lipinski definition) is 2. The van der Waals surface area contributed by atoms with Crippen molar-refractivity contribution < 1.29 is 23.8 Å². The molecule has 1 aromatic carbocycles. The van der Waals surface area contributed by atoms with Crippen LogP contribution in [0.4, 0.5) is 4.39 Å². The molecule has 6 heteroatoms. The zero-order valence-electron chi connectivity index (χ0n) is 11.9. The highest BCUT2D eigenvalue weighted by Gasteiger charge is 2.35. The average Bonchev–Trinajstić information content (AvgIpc) is 2.91. The van der Waals surface area contributed by atoms with E-state index >= 15 is 0 Å². The molecule has 1 aliphatic rings. The van der Waals surface area contributed by atoms with Crippen LogP contribution in [0.3, 0.4) is 0 Å². The molecule has 1 heterocycles. The van der Waals surface area contributed by atoms with Crippen molar-refractivity contribution >= 4 is 11.9 Å². The lowest BCUT2D eigenvalue weighted by Crippen LogP contribution is -2.37. The van der Waals surface area contributed by atoms with Gasteiger partial charge in [-0.25, -0.2) is 9.18 Å². The topological polar surface area (TPSA) is 75.6 Å². The van der Waals surface area contributed by atoms with Crippen LogP contribution >= 0.6 is 0 Å². The van der Waals surface area contributed by atoms with Crippen LogP contribution in [0.25, 0.3) is 0 Å². The van der Waals surface area contributed by atoms with Gasteiger partial charge >= 0.3 is 5.97 Å². The first kappa shape index (κ1) is 15.4. The van der Waals surface area contributed by atoms with E-state index in [1.807, 2.05) is 0 Å². The Morgan fingerprint density at radius 3 is 2.62 bits per heavy atom. The molecule has 3 atom stereocenters. The van der Waals surface area contributed by atoms with Crippen molar-refractivity contribution in [1.29, 1.82) is 0 Å². The second kappa shape index (κ2) is 6.22. The number of amides is 1. The second-order valence-electron chi connectivity index (χ2n) is 5.27. The van der Waals surface area contributed by atoms with Crippen molar-refractivity contribution in [2.24, 2.45) is 0 Å². The molecule has 5 nitrogen and oxygen atoms in total. The number of carbonyl (C=O) groups is 2. The van der Waals surface area contributed by atoms with E-state index in [4.69, 9.17) is 9.84 Å². The van der Waals surface area contributed by atoms with Gasteiger partial charge in [0.25, 0.3) is 0 Å². The van der Waals surface area contributed by atoms with Crippen molar-refractivity contribution in [1.82, 2.24) is 5.32 Å². The number of ether oxygens (including phenoxy) is 1. The minimum atomic E-state index is -1.06. The van der Waals surface area contributed by atoms with Crippen LogP contribution in [-0.4, -0.2) is 29.2 Å². The highest BCUT2D eigenvalue weighted by atomic mass is 19.1. The van der Waals surface area contributed by atoms with E-state index in [1.165, 1.54) is 6.07 Å². The molecule has 2 N–H and O–H groups in total. The Bertz CT molecular complexity index is 561. The first-order chi connectivity index (χ1) is 9.88. The van der Waals surface area contributed by atoms with E-state index in [9.17, 15) is 14.0 Å². The zero-order chi connectivity index (χ0) is 15.6. The summed E-state index contributed by atoms with van der Waals surface area (Å²) in [5, 5.41) is 11.6. The molecule has 114 valence electrons. The Morgan fingerprint density at radius 1 is 1.38 bits per heavy atom. The van der Waals surface area contributed by atoms with Gasteiger partial charge in [-0.2, -0.15) is 0 Å². The van der Waals surface area contributed by atoms with Crippen LogP contribution in [0, 0.1) is 12.7 Å². The first-order valence-electron chi connectivity index (χ1n) is 6.83. The quantitative estimate of drug-likeness (QED) is 0.890. The maximum absolute atomic E-state index is 13.5. The Morgan fingerprint density at radius 2 is 2.05 bits per heavy atom. The molecule has 0 spiro atoms. The number of hydrogen-bond acceptors (Lipinski definition) is 3. The molecule has 21 heavy (non-hydrogen) atoms. The molecule has 1 aliphatic heterocycles. The molecule has 1 unspecified atom stereocenters. The summed E-state index contributed by atoms with van der Waals surface area (Å²) in [4.78, 5) is 22.8. The number of nitrogens with one attached hydrogen (secondary N) is 1. The molecule has 0 aliphatic carbocycles. The van der Waals surface area contributed by atoms with Gasteiger partial charge in [0.1, 0.15) is 11.9 Å². The van der Waals surface area contributed by atoms with Gasteiger partial charge in [0.2, 0.25) is 5.91 Å². The third kappa shape index (κ3) is 3.58. The lowest BCUT2D eigenvalue weighted by molar-refractivity contribution is -0.151. The predicted molar refractivity (Wildman–Crippen MR) is 73.2 cm³/mol. The highest BCUT2D eigenvalue weighted by molar-refractivity contribution is 5.83. The second-order valence-corrected chi connectivity index (χ2v) is 5.27. The molecule has 0 radical (unpaired) electrons. The highest BCUT2D eigenvalue weighted by Crippen LogP contribution is 2.22. The van der Waals surface area contributed by atoms with Gasteiger partial charge in [0.15, 0.2) is 6.10 Å². The van der Waals surface area contributed by atoms with E-state index < -0.39 is 18.2 Å². The van der Waals surface area contributed by atoms with Gasteiger partial charge < -0.3 is 15.2 Å². The summed E-state index contributed by atoms with van der Waals surface area (Å²) in [6.45, 7) is 3.41. The number of carboxylic acid groups (broad SMARTS) is 1. The monoisotopic (exact) mass is 295 g/mol. The molecular weight excluding hydrogens is 277 g/mol. The smallest absolute Gasteiger partial charge is 0.332 e. The third-order valence-corrected chi connectivity index (χ3v) is 3.64. The number of benzene rings is 1. The molecule has 0 aromatic heterocycles. The van der Waals surface area contributed by atoms with Crippen molar-refractivity contribution in [3.63, 3.8) is 0 Å². The third-order valence-electron chi connectivity index (χ3n) is 3.64. The number of halogens is 1. The van der Waals surface area contributed by atoms with Crippen LogP contribution in [0.2, 0.25) is 0 Å². The summed E-state index contributed by atoms with van der Waals surface area (Å²) in [5.41, 5.74) is 1.19. The Kier molecular flexibility index (Phi) is 4.57. The van der Waals surface area contributed by atoms with Crippen LogP contribution < -0.4 is 5.32 Å². The van der Waals surface area contributed by atoms with Crippen molar-refractivity contribution in [2.75, 3.05) is 0 Å². The number of aryl methyl sites for hydroxylation is 1. The molecule has 1 amide bonds. The van der Waals surface area contributed by atoms with Gasteiger partial charge in [-0.15, -0.1) is 0 Å². The number of rotatable bonds is 4. The lowest BCUT2D eigenvalue weighted by Gasteiger charge is -2.18. The van der Waals surface area contributed by atoms with Gasteiger partial charge in [0.05, 0.1) is 6.04 Å². The van der Waals surface area contributed by atoms with Gasteiger partial charge in [0, 0.05) is 0 Å². The van der Waals surface area contributed by atoms with Crippen molar-refractivity contribution in [3.8, 4) is 0 Å². The Labute approximate surface area is 122 Å². The SMILES string of the molecule is Cc1ccc(C(C)NC(=O)[C@@H]2CC[C@H](C(=O)O)O2)cc1F. The first-order valence-corrected chi connectivity index (χ1v) is 6.83. The minimum absolute atomic E-state index is 0.320. The maximum Gasteiger partial charge on any atom is 0.332 e. The van der Waals surface area contributed by atoms with E-state index in [0.29, 0.717) is 24.0 Å². The molecule has 1 aromatic rings. The average molecular weight is 295 g/mol. The molecule has 0 bridgehead atoms. The van der Waals surface area contributed by atoms with Crippen molar-refractivity contribution in [2.45, 2.75) is 44.9 Å². The van der Waals surface area contributed by atoms with Crippen LogP contribution in [0.15, 0.2) is 18.2 Å². The van der Waals surface area contributed by atoms with Crippen molar-refractivity contribution in [3.05, 3.63) is 35.1 Å². The number of carboxylic acids is 1. The summed E-state index contributed by atoms with van der Waals surface area (Å²) < 4.78 is 18.7. The summed E-state index contributed by atoms with van der Waals surface area (Å²) in [7, 11) is 0. The predicted octanol–water partition coefficient (Wildman–Crippen LogP) is 1.94. The number of aliphatic carboxylic acids is 1. The van der Waals surface area contributed by atoms with E-state index in [2.05, 4.69) is 5.32 Å². The van der Waals surface area contributed by atoms with Crippen LogP contribution in [-0.2, 0) is 14.3 Å². The fourth-order valence-corrected chi connectivity index (χ4v) is 2.28. The normalized spacial score (nSPS) is 22.8. The maximum atomic E-state index is 13.5. The van der Waals surface area contributed by atoms with Crippen LogP contribution in [0.5, 0.6) is 0 Å². The van der Waals surface area contributed by atoms with E-state index in [-0.39, 0.29) is 17.8 Å². The minimum Gasteiger partial charge on any atom is -0.479 e. The van der Waals surface area contributed by atoms with Crippen LogP contribution in [0.1, 0.15) is 36.9 Å². The summed E-state index contributed by atoms with van der Waals surface area (Å²) in [6.07, 6.45) is -0.990. The summed E-state index contributed by atoms with van der Waals surface area (Å²) in [6, 6.07) is 4.41. The fraction of sp³-hybridized carbons (Fsp3) is 0.467. The Balaban J connectivity index is 1.96. The molecule has 1 fully saturated rings. The fourth-order valence-electron chi connectivity index (χ4n) is 2.28. The molecule has 2 rings (SSSR count). The van der Waals surface area contributed by atoms with Gasteiger partial charge in [-0.05, 0) is 43.9 Å². The lowest BCUT2D eigenvalue weighted by atomic mass is 10.1. The molecule has 0 saturated carbocycles. The van der Waals surface area contributed by atoms with Gasteiger partial charge in [-0.3, -0.25) is 4.79 Å². The van der Waals surface area contributed by atoms with E-state index in [0.717, 1.165) is 0 Å². The van der Waals surface area contributed by atoms with E-state index in [1.54, 1.807) is 26.0 Å².